The second-order valence-corrected chi connectivity index (χ2v) is 4.87. The lowest BCUT2D eigenvalue weighted by atomic mass is 10.2. The van der Waals surface area contributed by atoms with Crippen molar-refractivity contribution in [1.82, 2.24) is 15.3 Å². The van der Waals surface area contributed by atoms with Gasteiger partial charge in [-0.1, -0.05) is 11.6 Å². The third-order valence-corrected chi connectivity index (χ3v) is 3.53. The molecular formula is C10H6ClN5O2S. The molecule has 3 N–H and O–H groups in total. The van der Waals surface area contributed by atoms with Gasteiger partial charge in [0.15, 0.2) is 0 Å². The Labute approximate surface area is 115 Å². The first kappa shape index (κ1) is 11.9. The number of hydrogen-bond acceptors (Lipinski definition) is 7. The minimum atomic E-state index is -0.554. The lowest BCUT2D eigenvalue weighted by Crippen LogP contribution is -2.14. The van der Waals surface area contributed by atoms with Gasteiger partial charge in [-0.05, 0) is 22.4 Å². The van der Waals surface area contributed by atoms with Crippen LogP contribution in [0.3, 0.4) is 0 Å². The van der Waals surface area contributed by atoms with Crippen molar-refractivity contribution in [1.29, 1.82) is 0 Å². The molecule has 0 aliphatic carbocycles. The monoisotopic (exact) mass is 295 g/mol. The Balaban J connectivity index is 2.02. The number of carbonyl (C=O) groups excluding carboxylic acids is 1. The van der Waals surface area contributed by atoms with Crippen LogP contribution >= 0.6 is 22.9 Å². The number of thiazole rings is 1. The molecule has 0 spiro atoms. The second-order valence-electron chi connectivity index (χ2n) is 3.57. The smallest absolute Gasteiger partial charge is 0.281 e. The molecule has 0 fully saturated rings. The highest BCUT2D eigenvalue weighted by atomic mass is 35.5. The van der Waals surface area contributed by atoms with Crippen LogP contribution < -0.4 is 11.1 Å². The number of anilines is 2. The molecule has 1 amide bonds. The second kappa shape index (κ2) is 4.48. The van der Waals surface area contributed by atoms with Crippen LogP contribution in [0.2, 0.25) is 5.02 Å². The number of fused-ring (bicyclic) bond motifs is 1. The average molecular weight is 296 g/mol. The van der Waals surface area contributed by atoms with Gasteiger partial charge in [-0.3, -0.25) is 4.79 Å². The van der Waals surface area contributed by atoms with Crippen molar-refractivity contribution in [2.45, 2.75) is 0 Å². The average Bonchev–Trinajstić information content (AvgIpc) is 3.01. The fourth-order valence-corrected chi connectivity index (χ4v) is 2.44. The Bertz CT molecular complexity index is 768. The van der Waals surface area contributed by atoms with Gasteiger partial charge in [0.05, 0.1) is 20.9 Å². The zero-order valence-corrected chi connectivity index (χ0v) is 10.8. The molecule has 0 aliphatic rings. The maximum Gasteiger partial charge on any atom is 0.281 e. The van der Waals surface area contributed by atoms with Gasteiger partial charge in [-0.15, -0.1) is 11.3 Å². The van der Waals surface area contributed by atoms with Crippen molar-refractivity contribution in [2.24, 2.45) is 0 Å². The fraction of sp³-hybridized carbons (Fsp3) is 0. The molecule has 0 unspecified atom stereocenters. The van der Waals surface area contributed by atoms with Crippen LogP contribution in [0.1, 0.15) is 10.5 Å². The molecular weight excluding hydrogens is 290 g/mol. The normalized spacial score (nSPS) is 10.8. The molecule has 0 bridgehead atoms. The van der Waals surface area contributed by atoms with E-state index in [2.05, 4.69) is 25.2 Å². The highest BCUT2D eigenvalue weighted by Gasteiger charge is 2.19. The number of nitrogens with zero attached hydrogens (tertiary/aromatic N) is 3. The predicted octanol–water partition coefficient (Wildman–Crippen LogP) is 2.17. The molecule has 9 heteroatoms. The first-order valence-electron chi connectivity index (χ1n) is 5.08. The maximum absolute atomic E-state index is 12.0. The largest absolute Gasteiger partial charge is 0.379 e. The van der Waals surface area contributed by atoms with E-state index in [0.29, 0.717) is 16.2 Å². The molecule has 96 valence electrons. The van der Waals surface area contributed by atoms with E-state index in [1.165, 1.54) is 11.3 Å². The fourth-order valence-electron chi connectivity index (χ4n) is 1.55. The van der Waals surface area contributed by atoms with Crippen molar-refractivity contribution in [2.75, 3.05) is 11.1 Å². The van der Waals surface area contributed by atoms with E-state index in [1.54, 1.807) is 11.6 Å². The Kier molecular flexibility index (Phi) is 2.80. The van der Waals surface area contributed by atoms with Crippen LogP contribution in [0.15, 0.2) is 22.3 Å². The summed E-state index contributed by atoms with van der Waals surface area (Å²) in [5.74, 6) is -0.639. The zero-order chi connectivity index (χ0) is 13.4. The van der Waals surface area contributed by atoms with Gasteiger partial charge in [-0.25, -0.2) is 9.61 Å². The number of carbonyl (C=O) groups is 1. The van der Waals surface area contributed by atoms with Crippen molar-refractivity contribution in [3.8, 4) is 0 Å². The lowest BCUT2D eigenvalue weighted by Gasteiger charge is -2.06. The summed E-state index contributed by atoms with van der Waals surface area (Å²) in [5, 5.41) is 9.75. The summed E-state index contributed by atoms with van der Waals surface area (Å²) in [6.45, 7) is 0. The van der Waals surface area contributed by atoms with Gasteiger partial charge >= 0.3 is 0 Å². The standard InChI is InChI=1S/C10H6ClN5O2S/c11-4-1-2-5-7(13-3-19-5)6(4)14-10(17)8-9(12)16-18-15-8/h1-3H,(H2,12,16)(H,14,17). The number of nitrogens with two attached hydrogens (primary N) is 1. The van der Waals surface area contributed by atoms with Crippen molar-refractivity contribution in [3.63, 3.8) is 0 Å². The number of amides is 1. The van der Waals surface area contributed by atoms with E-state index in [1.807, 2.05) is 6.07 Å². The molecule has 3 rings (SSSR count). The van der Waals surface area contributed by atoms with Crippen molar-refractivity contribution in [3.05, 3.63) is 28.4 Å². The van der Waals surface area contributed by atoms with Crippen LogP contribution in [0, 0.1) is 0 Å². The number of hydrogen-bond donors (Lipinski definition) is 2. The number of benzene rings is 1. The Morgan fingerprint density at radius 2 is 2.26 bits per heavy atom. The van der Waals surface area contributed by atoms with E-state index in [0.717, 1.165) is 4.70 Å². The first-order valence-corrected chi connectivity index (χ1v) is 6.33. The molecule has 1 aromatic carbocycles. The Morgan fingerprint density at radius 1 is 1.42 bits per heavy atom. The Hall–Kier alpha value is -2.19. The van der Waals surface area contributed by atoms with Crippen LogP contribution in [0.25, 0.3) is 10.2 Å². The summed E-state index contributed by atoms with van der Waals surface area (Å²) in [7, 11) is 0. The molecule has 19 heavy (non-hydrogen) atoms. The van der Waals surface area contributed by atoms with Gasteiger partial charge in [0.2, 0.25) is 11.5 Å². The third kappa shape index (κ3) is 2.00. The maximum atomic E-state index is 12.0. The summed E-state index contributed by atoms with van der Waals surface area (Å²) in [5.41, 5.74) is 8.05. The minimum absolute atomic E-state index is 0.0842. The third-order valence-electron chi connectivity index (χ3n) is 2.42. The van der Waals surface area contributed by atoms with Gasteiger partial charge < -0.3 is 11.1 Å². The summed E-state index contributed by atoms with van der Waals surface area (Å²) < 4.78 is 5.28. The van der Waals surface area contributed by atoms with E-state index in [9.17, 15) is 4.79 Å². The number of rotatable bonds is 2. The topological polar surface area (TPSA) is 107 Å². The molecule has 0 atom stereocenters. The highest BCUT2D eigenvalue weighted by Crippen LogP contribution is 2.32. The highest BCUT2D eigenvalue weighted by molar-refractivity contribution is 7.16. The molecule has 0 radical (unpaired) electrons. The molecule has 2 heterocycles. The van der Waals surface area contributed by atoms with E-state index < -0.39 is 5.91 Å². The molecule has 0 saturated carbocycles. The molecule has 0 saturated heterocycles. The number of nitrogens with one attached hydrogen (secondary N) is 1. The SMILES string of the molecule is Nc1nonc1C(=O)Nc1c(Cl)ccc2scnc12. The van der Waals surface area contributed by atoms with Gasteiger partial charge in [0.25, 0.3) is 5.91 Å². The first-order chi connectivity index (χ1) is 9.16. The van der Waals surface area contributed by atoms with Crippen LogP contribution in [-0.2, 0) is 0 Å². The van der Waals surface area contributed by atoms with Crippen LogP contribution in [0.5, 0.6) is 0 Å². The minimum Gasteiger partial charge on any atom is -0.379 e. The van der Waals surface area contributed by atoms with Crippen molar-refractivity contribution < 1.29 is 9.42 Å². The zero-order valence-electron chi connectivity index (χ0n) is 9.25. The number of halogens is 1. The van der Waals surface area contributed by atoms with Crippen LogP contribution in [0.4, 0.5) is 11.5 Å². The van der Waals surface area contributed by atoms with Crippen LogP contribution in [-0.4, -0.2) is 21.2 Å². The summed E-state index contributed by atoms with van der Waals surface area (Å²) in [6, 6.07) is 3.51. The van der Waals surface area contributed by atoms with E-state index in [-0.39, 0.29) is 11.5 Å². The molecule has 0 aliphatic heterocycles. The molecule has 7 nitrogen and oxygen atoms in total. The lowest BCUT2D eigenvalue weighted by molar-refractivity contribution is 0.101. The van der Waals surface area contributed by atoms with Gasteiger partial charge in [0.1, 0.15) is 5.52 Å². The predicted molar refractivity (Wildman–Crippen MR) is 71.3 cm³/mol. The summed E-state index contributed by atoms with van der Waals surface area (Å²) in [6.07, 6.45) is 0. The molecule has 3 aromatic rings. The summed E-state index contributed by atoms with van der Waals surface area (Å²) >= 11 is 7.51. The van der Waals surface area contributed by atoms with Gasteiger partial charge in [-0.2, -0.15) is 0 Å². The Morgan fingerprint density at radius 3 is 3.00 bits per heavy atom. The number of aromatic nitrogens is 3. The van der Waals surface area contributed by atoms with E-state index >= 15 is 0 Å². The number of nitrogen functional groups attached to an aromatic ring is 1. The molecule has 2 aromatic heterocycles. The summed E-state index contributed by atoms with van der Waals surface area (Å²) in [4.78, 5) is 16.1. The quantitative estimate of drug-likeness (QED) is 0.750. The van der Waals surface area contributed by atoms with Crippen molar-refractivity contribution >= 4 is 50.6 Å². The van der Waals surface area contributed by atoms with E-state index in [4.69, 9.17) is 17.3 Å². The van der Waals surface area contributed by atoms with Gasteiger partial charge in [0, 0.05) is 0 Å².